The maximum Gasteiger partial charge on any atom is 0.336 e. The fourth-order valence-electron chi connectivity index (χ4n) is 3.44. The minimum absolute atomic E-state index is 0.0932. The van der Waals surface area contributed by atoms with Gasteiger partial charge in [0.1, 0.15) is 11.5 Å². The molecule has 3 rings (SSSR count). The normalized spacial score (nSPS) is 11.0. The van der Waals surface area contributed by atoms with E-state index in [0.29, 0.717) is 17.5 Å². The maximum atomic E-state index is 13.2. The second kappa shape index (κ2) is 14.4. The van der Waals surface area contributed by atoms with E-state index in [1.54, 1.807) is 38.1 Å². The summed E-state index contributed by atoms with van der Waals surface area (Å²) in [4.78, 5) is 42.3. The van der Waals surface area contributed by atoms with Crippen molar-refractivity contribution in [2.45, 2.75) is 13.8 Å². The molecule has 0 aliphatic carbocycles. The van der Waals surface area contributed by atoms with Crippen LogP contribution >= 0.6 is 0 Å². The van der Waals surface area contributed by atoms with Crippen molar-refractivity contribution in [3.05, 3.63) is 77.0 Å². The number of amides is 2. The summed E-state index contributed by atoms with van der Waals surface area (Å²) in [7, 11) is -2.28. The van der Waals surface area contributed by atoms with E-state index in [4.69, 9.17) is 20.4 Å². The van der Waals surface area contributed by atoms with Crippen LogP contribution in [-0.4, -0.2) is 78.3 Å². The number of aromatic carboxylic acids is 1. The first kappa shape index (κ1) is 34.3. The molecule has 2 amide bonds. The largest absolute Gasteiger partial charge is 0.481 e. The number of methoxy groups -OCH3 is 1. The summed E-state index contributed by atoms with van der Waals surface area (Å²) in [5, 5.41) is 32.2. The number of anilines is 1. The van der Waals surface area contributed by atoms with Crippen LogP contribution in [0.15, 0.2) is 54.6 Å². The number of rotatable bonds is 10. The Balaban J connectivity index is 0.00000119. The Morgan fingerprint density at radius 2 is 1.56 bits per heavy atom. The molecule has 0 aliphatic rings. The van der Waals surface area contributed by atoms with Gasteiger partial charge in [0.2, 0.25) is 5.88 Å². The van der Waals surface area contributed by atoms with Crippen molar-refractivity contribution in [2.24, 2.45) is 11.1 Å². The van der Waals surface area contributed by atoms with E-state index in [2.05, 4.69) is 15.6 Å². The number of aromatic nitrogens is 1. The van der Waals surface area contributed by atoms with E-state index in [1.807, 2.05) is 0 Å². The van der Waals surface area contributed by atoms with Gasteiger partial charge in [-0.1, -0.05) is 19.9 Å². The second-order valence-electron chi connectivity index (χ2n) is 10.00. The van der Waals surface area contributed by atoms with Gasteiger partial charge < -0.3 is 31.3 Å². The zero-order valence-electron chi connectivity index (χ0n) is 23.8. The molecular weight excluding hydrogens is 582 g/mol. The lowest BCUT2D eigenvalue weighted by atomic mass is 9.94. The lowest BCUT2D eigenvalue weighted by Gasteiger charge is -2.22. The zero-order chi connectivity index (χ0) is 32.5. The van der Waals surface area contributed by atoms with E-state index in [9.17, 15) is 33.0 Å². The van der Waals surface area contributed by atoms with Crippen molar-refractivity contribution >= 4 is 39.4 Å². The molecule has 3 aromatic rings. The lowest BCUT2D eigenvalue weighted by Crippen LogP contribution is -2.36. The molecule has 14 nitrogen and oxygen atoms in total. The second-order valence-corrected chi connectivity index (χ2v) is 11.5. The number of nitrogen functional groups attached to an aromatic ring is 1. The molecular formula is C28H33N5O9S. The van der Waals surface area contributed by atoms with Crippen molar-refractivity contribution in [3.8, 4) is 17.0 Å². The van der Waals surface area contributed by atoms with Crippen LogP contribution in [0.25, 0.3) is 11.1 Å². The average molecular weight is 616 g/mol. The van der Waals surface area contributed by atoms with E-state index < -0.39 is 33.3 Å². The third kappa shape index (κ3) is 10.5. The number of aliphatic hydroxyl groups is 1. The highest BCUT2D eigenvalue weighted by molar-refractivity contribution is 7.85. The topological polar surface area (TPSA) is 242 Å². The van der Waals surface area contributed by atoms with Crippen molar-refractivity contribution in [3.63, 3.8) is 0 Å². The third-order valence-electron chi connectivity index (χ3n) is 5.71. The highest BCUT2D eigenvalue weighted by Gasteiger charge is 2.23. The Morgan fingerprint density at radius 1 is 1.00 bits per heavy atom. The number of benzene rings is 2. The molecule has 1 heterocycles. The van der Waals surface area contributed by atoms with Gasteiger partial charge in [0.25, 0.3) is 21.9 Å². The van der Waals surface area contributed by atoms with Crippen LogP contribution in [0.1, 0.15) is 50.6 Å². The van der Waals surface area contributed by atoms with Crippen molar-refractivity contribution in [1.82, 2.24) is 10.3 Å². The number of nitrogens with one attached hydrogen (secondary N) is 3. The molecule has 43 heavy (non-hydrogen) atoms. The monoisotopic (exact) mass is 615 g/mol. The van der Waals surface area contributed by atoms with Crippen molar-refractivity contribution in [1.29, 1.82) is 5.41 Å². The fraction of sp³-hybridized carbons (Fsp3) is 0.250. The van der Waals surface area contributed by atoms with E-state index in [-0.39, 0.29) is 52.8 Å². The highest BCUT2D eigenvalue weighted by atomic mass is 32.2. The zero-order valence-corrected chi connectivity index (χ0v) is 24.7. The molecule has 0 saturated heterocycles. The van der Waals surface area contributed by atoms with E-state index in [0.717, 1.165) is 0 Å². The number of pyridine rings is 1. The fourth-order valence-corrected chi connectivity index (χ4v) is 3.44. The molecule has 0 spiro atoms. The van der Waals surface area contributed by atoms with Crippen LogP contribution in [0, 0.1) is 10.8 Å². The number of nitrogens with two attached hydrogens (primary N) is 1. The number of carboxylic acid groups (broad SMARTS) is 1. The van der Waals surface area contributed by atoms with Gasteiger partial charge in [0, 0.05) is 47.0 Å². The number of carbonyl (C=O) groups is 3. The first-order chi connectivity index (χ1) is 20.0. The Morgan fingerprint density at radius 3 is 2.07 bits per heavy atom. The van der Waals surface area contributed by atoms with Gasteiger partial charge in [-0.25, -0.2) is 9.78 Å². The summed E-state index contributed by atoms with van der Waals surface area (Å²) < 4.78 is 31.0. The molecule has 0 aliphatic heterocycles. The molecule has 0 atom stereocenters. The van der Waals surface area contributed by atoms with Gasteiger partial charge in [-0.2, -0.15) is 8.42 Å². The Bertz CT molecular complexity index is 1610. The average Bonchev–Trinajstić information content (AvgIpc) is 2.94. The summed E-state index contributed by atoms with van der Waals surface area (Å²) in [5.41, 5.74) is 6.03. The summed E-state index contributed by atoms with van der Waals surface area (Å²) in [6.07, 6.45) is 0.715. The molecule has 1 aromatic heterocycles. The highest BCUT2D eigenvalue weighted by Crippen LogP contribution is 2.30. The van der Waals surface area contributed by atoms with Gasteiger partial charge >= 0.3 is 5.97 Å². The van der Waals surface area contributed by atoms with Crippen LogP contribution in [0.4, 0.5) is 5.69 Å². The lowest BCUT2D eigenvalue weighted by molar-refractivity contribution is 0.0697. The van der Waals surface area contributed by atoms with Gasteiger partial charge in [0.05, 0.1) is 18.9 Å². The van der Waals surface area contributed by atoms with E-state index in [1.165, 1.54) is 37.4 Å². The number of carboxylic acids is 1. The molecule has 0 unspecified atom stereocenters. The molecule has 0 bridgehead atoms. The van der Waals surface area contributed by atoms with Crippen LogP contribution in [0.3, 0.4) is 0 Å². The number of nitrogens with zero attached hydrogens (tertiary/aromatic N) is 1. The summed E-state index contributed by atoms with van der Waals surface area (Å²) in [5.74, 6) is -2.40. The number of aliphatic hydroxyl groups excluding tert-OH is 1. The van der Waals surface area contributed by atoms with Crippen molar-refractivity contribution in [2.75, 3.05) is 31.8 Å². The smallest absolute Gasteiger partial charge is 0.336 e. The van der Waals surface area contributed by atoms with Crippen LogP contribution < -0.4 is 21.1 Å². The van der Waals surface area contributed by atoms with Gasteiger partial charge in [-0.05, 0) is 48.0 Å². The number of hydrogen-bond donors (Lipinski definition) is 7. The van der Waals surface area contributed by atoms with Gasteiger partial charge in [-0.15, -0.1) is 0 Å². The first-order valence-electron chi connectivity index (χ1n) is 12.5. The van der Waals surface area contributed by atoms with Crippen molar-refractivity contribution < 1.29 is 42.3 Å². The van der Waals surface area contributed by atoms with Crippen LogP contribution in [-0.2, 0) is 10.1 Å². The third-order valence-corrected chi connectivity index (χ3v) is 5.71. The predicted molar refractivity (Wildman–Crippen MR) is 159 cm³/mol. The molecule has 230 valence electrons. The molecule has 0 fully saturated rings. The minimum Gasteiger partial charge on any atom is -0.481 e. The molecule has 0 saturated carbocycles. The first-order valence-corrected chi connectivity index (χ1v) is 14.3. The Hall–Kier alpha value is -4.86. The minimum atomic E-state index is -3.67. The van der Waals surface area contributed by atoms with E-state index >= 15 is 0 Å². The summed E-state index contributed by atoms with van der Waals surface area (Å²) in [6.45, 7) is 3.61. The molecule has 8 N–H and O–H groups in total. The molecule has 15 heteroatoms. The maximum absolute atomic E-state index is 13.2. The van der Waals surface area contributed by atoms with Crippen LogP contribution in [0.2, 0.25) is 0 Å². The quantitative estimate of drug-likeness (QED) is 0.0990. The number of carbonyl (C=O) groups excluding carboxylic acids is 2. The Labute approximate surface area is 248 Å². The van der Waals surface area contributed by atoms with Gasteiger partial charge in [-0.3, -0.25) is 19.6 Å². The predicted octanol–water partition coefficient (Wildman–Crippen LogP) is 2.24. The van der Waals surface area contributed by atoms with Crippen LogP contribution in [0.5, 0.6) is 5.88 Å². The number of hydrogen-bond acceptors (Lipinski definition) is 9. The summed E-state index contributed by atoms with van der Waals surface area (Å²) >= 11 is 0. The molecule has 2 aromatic carbocycles. The number of amidine groups is 1. The summed E-state index contributed by atoms with van der Waals surface area (Å²) in [6, 6.07) is 13.4. The standard InChI is InChI=1S/C27H29N5O6.CH4O3S/c1-27(2,14-33)13-30-24(34)16-6-9-18(20(12-16)26(36)37)19-10-11-21(38-3)32-22(19)25(35)31-17-7-4-15(5-8-17)23(28)29;1-5(2,3)4/h4-12,33H,13-14H2,1-3H3,(H3,28,29)(H,30,34)(H,31,35)(H,36,37);1H3,(H,2,3,4). The SMILES string of the molecule is COc1ccc(-c2ccc(C(=O)NCC(C)(C)CO)cc2C(=O)O)c(C(=O)Nc2ccc(C(=N)N)cc2)n1.CS(=O)(=O)O. The molecule has 0 radical (unpaired) electrons. The Kier molecular flexibility index (Phi) is 11.5. The number of ether oxygens (including phenoxy) is 1. The van der Waals surface area contributed by atoms with Gasteiger partial charge in [0.15, 0.2) is 0 Å².